The number of aryl methyl sites for hydroxylation is 1. The fourth-order valence-electron chi connectivity index (χ4n) is 2.69. The number of urea groups is 1. The summed E-state index contributed by atoms with van der Waals surface area (Å²) in [5.41, 5.74) is 1.03. The van der Waals surface area contributed by atoms with Crippen molar-refractivity contribution in [2.24, 2.45) is 7.05 Å². The summed E-state index contributed by atoms with van der Waals surface area (Å²) in [6.45, 7) is 2.74. The zero-order valence-electron chi connectivity index (χ0n) is 12.5. The molecule has 1 N–H and O–H groups in total. The highest BCUT2D eigenvalue weighted by Gasteiger charge is 2.29. The molecule has 2 rings (SSSR count). The van der Waals surface area contributed by atoms with Crippen LogP contribution in [0.15, 0.2) is 12.4 Å². The molecule has 1 saturated carbocycles. The third-order valence-electron chi connectivity index (χ3n) is 3.83. The number of carbonyl (C=O) groups excluding carboxylic acids is 1. The average molecular weight is 296 g/mol. The van der Waals surface area contributed by atoms with Crippen LogP contribution in [0.1, 0.15) is 31.7 Å². The van der Waals surface area contributed by atoms with Crippen molar-refractivity contribution in [3.8, 4) is 0 Å². The van der Waals surface area contributed by atoms with E-state index in [1.165, 1.54) is 6.42 Å². The number of amides is 2. The van der Waals surface area contributed by atoms with Gasteiger partial charge in [0.25, 0.3) is 0 Å². The third kappa shape index (κ3) is 3.91. The minimum absolute atomic E-state index is 0.0148. The Hall–Kier alpha value is -1.17. The van der Waals surface area contributed by atoms with Crippen LogP contribution in [-0.2, 0) is 13.6 Å². The van der Waals surface area contributed by atoms with Crippen molar-refractivity contribution in [2.45, 2.75) is 44.0 Å². The summed E-state index contributed by atoms with van der Waals surface area (Å²) >= 11 is 2.02. The predicted molar refractivity (Wildman–Crippen MR) is 82.8 cm³/mol. The number of rotatable bonds is 5. The number of aromatic nitrogens is 2. The van der Waals surface area contributed by atoms with Crippen LogP contribution < -0.4 is 5.32 Å². The molecule has 0 unspecified atom stereocenters. The first-order chi connectivity index (χ1) is 9.60. The van der Waals surface area contributed by atoms with E-state index in [1.807, 2.05) is 37.0 Å². The molecule has 1 aromatic heterocycles. The molecule has 20 heavy (non-hydrogen) atoms. The maximum absolute atomic E-state index is 12.2. The van der Waals surface area contributed by atoms with Crippen LogP contribution >= 0.6 is 11.8 Å². The first-order valence-electron chi connectivity index (χ1n) is 7.20. The number of nitrogens with one attached hydrogen (secondary N) is 1. The summed E-state index contributed by atoms with van der Waals surface area (Å²) in [7, 11) is 3.78. The maximum Gasteiger partial charge on any atom is 0.317 e. The summed E-state index contributed by atoms with van der Waals surface area (Å²) in [5, 5.41) is 7.78. The van der Waals surface area contributed by atoms with E-state index in [-0.39, 0.29) is 6.03 Å². The molecule has 0 radical (unpaired) electrons. The topological polar surface area (TPSA) is 50.2 Å². The van der Waals surface area contributed by atoms with Crippen LogP contribution in [0.2, 0.25) is 0 Å². The fraction of sp³-hybridized carbons (Fsp3) is 0.714. The van der Waals surface area contributed by atoms with Crippen molar-refractivity contribution in [2.75, 3.05) is 12.8 Å². The smallest absolute Gasteiger partial charge is 0.317 e. The van der Waals surface area contributed by atoms with Gasteiger partial charge in [0, 0.05) is 43.7 Å². The first-order valence-corrected chi connectivity index (χ1v) is 8.24. The lowest BCUT2D eigenvalue weighted by atomic mass is 10.2. The van der Waals surface area contributed by atoms with Gasteiger partial charge in [0.1, 0.15) is 0 Å². The lowest BCUT2D eigenvalue weighted by molar-refractivity contribution is 0.190. The summed E-state index contributed by atoms with van der Waals surface area (Å²) in [6, 6.07) is 0.397. The fourth-order valence-corrected chi connectivity index (χ4v) is 3.82. The Labute approximate surface area is 125 Å². The highest BCUT2D eigenvalue weighted by Crippen LogP contribution is 2.32. The largest absolute Gasteiger partial charge is 0.334 e. The van der Waals surface area contributed by atoms with E-state index in [0.29, 0.717) is 12.6 Å². The molecular formula is C14H24N4OS. The van der Waals surface area contributed by atoms with Crippen molar-refractivity contribution >= 4 is 17.8 Å². The number of thioether (sulfide) groups is 1. The highest BCUT2D eigenvalue weighted by atomic mass is 32.2. The Balaban J connectivity index is 1.77. The molecule has 0 bridgehead atoms. The monoisotopic (exact) mass is 296 g/mol. The Morgan fingerprint density at radius 3 is 3.05 bits per heavy atom. The lowest BCUT2D eigenvalue weighted by Gasteiger charge is -2.24. The Kier molecular flexibility index (Phi) is 5.34. The molecule has 5 nitrogen and oxygen atoms in total. The average Bonchev–Trinajstić information content (AvgIpc) is 3.05. The van der Waals surface area contributed by atoms with Crippen LogP contribution in [0.25, 0.3) is 0 Å². The zero-order chi connectivity index (χ0) is 14.5. The quantitative estimate of drug-likeness (QED) is 0.906. The standard InChI is InChI=1S/C14H24N4OS/c1-4-20-13-6-5-12(7-13)18(3)14(19)15-8-11-9-16-17(2)10-11/h9-10,12-13H,4-8H2,1-3H3,(H,15,19)/t12-,13+/m1/s1. The van der Waals surface area contributed by atoms with Gasteiger partial charge in [-0.05, 0) is 25.0 Å². The minimum Gasteiger partial charge on any atom is -0.334 e. The molecule has 2 amide bonds. The SMILES string of the molecule is CCS[C@H]1CC[C@@H](N(C)C(=O)NCc2cnn(C)c2)C1. The van der Waals surface area contributed by atoms with Crippen LogP contribution in [0.4, 0.5) is 4.79 Å². The van der Waals surface area contributed by atoms with Gasteiger partial charge in [0.15, 0.2) is 0 Å². The number of nitrogens with zero attached hydrogens (tertiary/aromatic N) is 3. The third-order valence-corrected chi connectivity index (χ3v) is 5.06. The predicted octanol–water partition coefficient (Wildman–Crippen LogP) is 2.24. The second kappa shape index (κ2) is 7.02. The van der Waals surface area contributed by atoms with E-state index in [1.54, 1.807) is 10.9 Å². The summed E-state index contributed by atoms with van der Waals surface area (Å²) in [6.07, 6.45) is 7.17. The molecule has 0 spiro atoms. The van der Waals surface area contributed by atoms with Gasteiger partial charge in [0.05, 0.1) is 6.20 Å². The first kappa shape index (κ1) is 15.2. The van der Waals surface area contributed by atoms with Crippen LogP contribution in [0.5, 0.6) is 0 Å². The van der Waals surface area contributed by atoms with Crippen molar-refractivity contribution < 1.29 is 4.79 Å². The van der Waals surface area contributed by atoms with E-state index in [2.05, 4.69) is 17.3 Å². The molecule has 112 valence electrons. The van der Waals surface area contributed by atoms with Crippen molar-refractivity contribution in [3.63, 3.8) is 0 Å². The van der Waals surface area contributed by atoms with Gasteiger partial charge in [-0.1, -0.05) is 6.92 Å². The molecule has 1 fully saturated rings. The van der Waals surface area contributed by atoms with Crippen LogP contribution in [0.3, 0.4) is 0 Å². The molecule has 1 heterocycles. The molecule has 1 aromatic rings. The van der Waals surface area contributed by atoms with E-state index in [0.717, 1.165) is 29.4 Å². The molecule has 1 aliphatic carbocycles. The van der Waals surface area contributed by atoms with Crippen LogP contribution in [0, 0.1) is 0 Å². The van der Waals surface area contributed by atoms with E-state index in [4.69, 9.17) is 0 Å². The maximum atomic E-state index is 12.2. The normalized spacial score (nSPS) is 21.9. The molecule has 0 aromatic carbocycles. The Morgan fingerprint density at radius 2 is 2.40 bits per heavy atom. The molecular weight excluding hydrogens is 272 g/mol. The Bertz CT molecular complexity index is 448. The molecule has 0 saturated heterocycles. The van der Waals surface area contributed by atoms with Crippen molar-refractivity contribution in [3.05, 3.63) is 18.0 Å². The van der Waals surface area contributed by atoms with Crippen molar-refractivity contribution in [1.82, 2.24) is 20.0 Å². The van der Waals surface area contributed by atoms with Gasteiger partial charge in [-0.25, -0.2) is 4.79 Å². The second-order valence-corrected chi connectivity index (χ2v) is 6.91. The number of hydrogen-bond acceptors (Lipinski definition) is 3. The highest BCUT2D eigenvalue weighted by molar-refractivity contribution is 7.99. The van der Waals surface area contributed by atoms with Gasteiger partial charge in [-0.2, -0.15) is 16.9 Å². The lowest BCUT2D eigenvalue weighted by Crippen LogP contribution is -2.42. The molecule has 1 aliphatic rings. The van der Waals surface area contributed by atoms with Gasteiger partial charge in [0.2, 0.25) is 0 Å². The van der Waals surface area contributed by atoms with E-state index < -0.39 is 0 Å². The second-order valence-electron chi connectivity index (χ2n) is 5.34. The number of carbonyl (C=O) groups is 1. The Morgan fingerprint density at radius 1 is 1.60 bits per heavy atom. The van der Waals surface area contributed by atoms with Crippen molar-refractivity contribution in [1.29, 1.82) is 0 Å². The molecule has 0 aliphatic heterocycles. The van der Waals surface area contributed by atoms with Crippen LogP contribution in [-0.4, -0.2) is 44.8 Å². The van der Waals surface area contributed by atoms with Gasteiger partial charge in [-0.3, -0.25) is 4.68 Å². The molecule has 6 heteroatoms. The van der Waals surface area contributed by atoms with E-state index >= 15 is 0 Å². The summed E-state index contributed by atoms with van der Waals surface area (Å²) < 4.78 is 1.74. The summed E-state index contributed by atoms with van der Waals surface area (Å²) in [5.74, 6) is 1.16. The zero-order valence-corrected chi connectivity index (χ0v) is 13.3. The summed E-state index contributed by atoms with van der Waals surface area (Å²) in [4.78, 5) is 14.0. The van der Waals surface area contributed by atoms with Gasteiger partial charge < -0.3 is 10.2 Å². The van der Waals surface area contributed by atoms with Gasteiger partial charge in [-0.15, -0.1) is 0 Å². The molecule has 2 atom stereocenters. The minimum atomic E-state index is 0.0148. The number of hydrogen-bond donors (Lipinski definition) is 1. The van der Waals surface area contributed by atoms with Gasteiger partial charge >= 0.3 is 6.03 Å². The van der Waals surface area contributed by atoms with E-state index in [9.17, 15) is 4.79 Å².